The molecule has 0 saturated carbocycles. The van der Waals surface area contributed by atoms with Crippen LogP contribution >= 0.6 is 0 Å². The molecule has 0 spiro atoms. The van der Waals surface area contributed by atoms with Crippen molar-refractivity contribution < 1.29 is 10.0 Å². The molecule has 0 aliphatic heterocycles. The van der Waals surface area contributed by atoms with Gasteiger partial charge in [-0.3, -0.25) is 10.1 Å². The number of nitro benzene ring substituents is 1. The van der Waals surface area contributed by atoms with E-state index in [2.05, 4.69) is 0 Å². The van der Waals surface area contributed by atoms with E-state index >= 15 is 0 Å². The molecule has 0 amide bonds. The lowest BCUT2D eigenvalue weighted by Gasteiger charge is -2.09. The number of nitro groups is 1. The number of aliphatic hydroxyl groups excluding tert-OH is 1. The molecular weight excluding hydrogens is 194 g/mol. The Morgan fingerprint density at radius 3 is 2.73 bits per heavy atom. The lowest BCUT2D eigenvalue weighted by molar-refractivity contribution is -0.385. The van der Waals surface area contributed by atoms with E-state index in [1.54, 1.807) is 18.2 Å². The third-order valence-electron chi connectivity index (χ3n) is 2.38. The predicted octanol–water partition coefficient (Wildman–Crippen LogP) is 2.16. The summed E-state index contributed by atoms with van der Waals surface area (Å²) in [5.74, 6) is 0.260. The molecule has 0 aliphatic carbocycles. The summed E-state index contributed by atoms with van der Waals surface area (Å²) >= 11 is 0. The van der Waals surface area contributed by atoms with Crippen molar-refractivity contribution in [2.24, 2.45) is 5.92 Å². The Bertz CT molecular complexity index is 338. The third kappa shape index (κ3) is 3.32. The van der Waals surface area contributed by atoms with E-state index in [0.29, 0.717) is 12.8 Å². The topological polar surface area (TPSA) is 63.4 Å². The molecule has 1 unspecified atom stereocenters. The first kappa shape index (κ1) is 11.7. The zero-order valence-corrected chi connectivity index (χ0v) is 8.72. The first-order chi connectivity index (χ1) is 7.15. The molecule has 0 bridgehead atoms. The van der Waals surface area contributed by atoms with Gasteiger partial charge in [0.15, 0.2) is 0 Å². The van der Waals surface area contributed by atoms with Gasteiger partial charge in [0.25, 0.3) is 5.69 Å². The molecule has 0 aliphatic rings. The number of hydrogen-bond donors (Lipinski definition) is 1. The minimum atomic E-state index is -0.360. The molecule has 1 aromatic rings. The van der Waals surface area contributed by atoms with Crippen molar-refractivity contribution in [1.29, 1.82) is 0 Å². The Morgan fingerprint density at radius 1 is 1.47 bits per heavy atom. The number of para-hydroxylation sites is 1. The van der Waals surface area contributed by atoms with Crippen LogP contribution in [0.4, 0.5) is 5.69 Å². The van der Waals surface area contributed by atoms with Crippen LogP contribution in [0.1, 0.15) is 18.9 Å². The lowest BCUT2D eigenvalue weighted by Crippen LogP contribution is -2.04. The number of hydrogen-bond acceptors (Lipinski definition) is 3. The highest BCUT2D eigenvalue weighted by molar-refractivity contribution is 5.39. The van der Waals surface area contributed by atoms with Gasteiger partial charge < -0.3 is 5.11 Å². The molecular formula is C11H15NO3. The molecule has 0 heterocycles. The van der Waals surface area contributed by atoms with Crippen LogP contribution in [0, 0.1) is 16.0 Å². The van der Waals surface area contributed by atoms with Crippen LogP contribution in [0.15, 0.2) is 24.3 Å². The van der Waals surface area contributed by atoms with E-state index in [1.165, 1.54) is 6.07 Å². The first-order valence-electron chi connectivity index (χ1n) is 4.98. The fraction of sp³-hybridized carbons (Fsp3) is 0.455. The van der Waals surface area contributed by atoms with E-state index in [-0.39, 0.29) is 23.1 Å². The van der Waals surface area contributed by atoms with Gasteiger partial charge in [0.05, 0.1) is 4.92 Å². The van der Waals surface area contributed by atoms with Gasteiger partial charge in [-0.2, -0.15) is 0 Å². The smallest absolute Gasteiger partial charge is 0.272 e. The quantitative estimate of drug-likeness (QED) is 0.597. The van der Waals surface area contributed by atoms with Gasteiger partial charge >= 0.3 is 0 Å². The Hall–Kier alpha value is -1.42. The van der Waals surface area contributed by atoms with Crippen LogP contribution in [0.2, 0.25) is 0 Å². The van der Waals surface area contributed by atoms with Crippen molar-refractivity contribution in [3.8, 4) is 0 Å². The zero-order chi connectivity index (χ0) is 11.3. The summed E-state index contributed by atoms with van der Waals surface area (Å²) in [5, 5.41) is 19.5. The van der Waals surface area contributed by atoms with E-state index in [4.69, 9.17) is 5.11 Å². The summed E-state index contributed by atoms with van der Waals surface area (Å²) in [4.78, 5) is 10.4. The van der Waals surface area contributed by atoms with Crippen LogP contribution in [0.5, 0.6) is 0 Å². The van der Waals surface area contributed by atoms with Crippen LogP contribution < -0.4 is 0 Å². The SMILES string of the molecule is CC(CCO)Cc1ccccc1[N+](=O)[O-]. The maximum absolute atomic E-state index is 10.7. The second-order valence-electron chi connectivity index (χ2n) is 3.71. The summed E-state index contributed by atoms with van der Waals surface area (Å²) in [6, 6.07) is 6.75. The highest BCUT2D eigenvalue weighted by Gasteiger charge is 2.14. The Balaban J connectivity index is 2.79. The van der Waals surface area contributed by atoms with Gasteiger partial charge in [0.1, 0.15) is 0 Å². The Kier molecular flexibility index (Phi) is 4.24. The summed E-state index contributed by atoms with van der Waals surface area (Å²) in [7, 11) is 0. The largest absolute Gasteiger partial charge is 0.396 e. The molecule has 1 aromatic carbocycles. The van der Waals surface area contributed by atoms with E-state index in [0.717, 1.165) is 5.56 Å². The molecule has 82 valence electrons. The number of benzene rings is 1. The highest BCUT2D eigenvalue weighted by Crippen LogP contribution is 2.21. The van der Waals surface area contributed by atoms with E-state index < -0.39 is 0 Å². The van der Waals surface area contributed by atoms with Gasteiger partial charge in [-0.05, 0) is 18.8 Å². The van der Waals surface area contributed by atoms with Gasteiger partial charge in [0, 0.05) is 18.2 Å². The molecule has 15 heavy (non-hydrogen) atoms. The molecule has 0 fully saturated rings. The second-order valence-corrected chi connectivity index (χ2v) is 3.71. The van der Waals surface area contributed by atoms with Crippen LogP contribution in [-0.2, 0) is 6.42 Å². The summed E-state index contributed by atoms with van der Waals surface area (Å²) in [6.07, 6.45) is 1.31. The highest BCUT2D eigenvalue weighted by atomic mass is 16.6. The molecule has 0 aromatic heterocycles. The molecule has 0 saturated heterocycles. The van der Waals surface area contributed by atoms with Crippen LogP contribution in [-0.4, -0.2) is 16.6 Å². The summed E-state index contributed by atoms with van der Waals surface area (Å²) in [6.45, 7) is 2.11. The lowest BCUT2D eigenvalue weighted by atomic mass is 9.97. The standard InChI is InChI=1S/C11H15NO3/c1-9(6-7-13)8-10-4-2-3-5-11(10)12(14)15/h2-5,9,13H,6-8H2,1H3. The average molecular weight is 209 g/mol. The molecule has 1 N–H and O–H groups in total. The minimum Gasteiger partial charge on any atom is -0.396 e. The van der Waals surface area contributed by atoms with Gasteiger partial charge in [-0.25, -0.2) is 0 Å². The Labute approximate surface area is 88.7 Å². The van der Waals surface area contributed by atoms with Gasteiger partial charge in [0.2, 0.25) is 0 Å². The van der Waals surface area contributed by atoms with Gasteiger partial charge in [-0.15, -0.1) is 0 Å². The van der Waals surface area contributed by atoms with E-state index in [9.17, 15) is 10.1 Å². The van der Waals surface area contributed by atoms with Crippen molar-refractivity contribution >= 4 is 5.69 Å². The van der Waals surface area contributed by atoms with Crippen molar-refractivity contribution in [3.63, 3.8) is 0 Å². The molecule has 0 radical (unpaired) electrons. The fourth-order valence-electron chi connectivity index (χ4n) is 1.56. The Morgan fingerprint density at radius 2 is 2.13 bits per heavy atom. The van der Waals surface area contributed by atoms with Crippen molar-refractivity contribution in [1.82, 2.24) is 0 Å². The maximum atomic E-state index is 10.7. The fourth-order valence-corrected chi connectivity index (χ4v) is 1.56. The summed E-state index contributed by atoms with van der Waals surface area (Å²) in [5.41, 5.74) is 0.908. The molecule has 4 heteroatoms. The van der Waals surface area contributed by atoms with Crippen LogP contribution in [0.3, 0.4) is 0 Å². The van der Waals surface area contributed by atoms with Crippen molar-refractivity contribution in [2.75, 3.05) is 6.61 Å². The zero-order valence-electron chi connectivity index (χ0n) is 8.72. The van der Waals surface area contributed by atoms with E-state index in [1.807, 2.05) is 6.92 Å². The minimum absolute atomic E-state index is 0.127. The number of aliphatic hydroxyl groups is 1. The number of nitrogens with zero attached hydrogens (tertiary/aromatic N) is 1. The predicted molar refractivity (Wildman–Crippen MR) is 57.7 cm³/mol. The second kappa shape index (κ2) is 5.46. The third-order valence-corrected chi connectivity index (χ3v) is 2.38. The molecule has 1 rings (SSSR count). The number of rotatable bonds is 5. The van der Waals surface area contributed by atoms with Gasteiger partial charge in [-0.1, -0.05) is 25.1 Å². The van der Waals surface area contributed by atoms with Crippen molar-refractivity contribution in [2.45, 2.75) is 19.8 Å². The van der Waals surface area contributed by atoms with Crippen molar-refractivity contribution in [3.05, 3.63) is 39.9 Å². The molecule has 1 atom stereocenters. The maximum Gasteiger partial charge on any atom is 0.272 e. The normalized spacial score (nSPS) is 12.4. The summed E-state index contributed by atoms with van der Waals surface area (Å²) < 4.78 is 0. The van der Waals surface area contributed by atoms with Crippen LogP contribution in [0.25, 0.3) is 0 Å². The monoisotopic (exact) mass is 209 g/mol. The first-order valence-corrected chi connectivity index (χ1v) is 4.98. The molecule has 4 nitrogen and oxygen atoms in total. The average Bonchev–Trinajstić information content (AvgIpc) is 2.18.